The van der Waals surface area contributed by atoms with Gasteiger partial charge in [-0.15, -0.1) is 11.8 Å². The molecule has 0 aliphatic carbocycles. The lowest BCUT2D eigenvalue weighted by Crippen LogP contribution is -2.45. The molecule has 3 aromatic rings. The third-order valence-electron chi connectivity index (χ3n) is 5.22. The van der Waals surface area contributed by atoms with Crippen LogP contribution in [0.3, 0.4) is 0 Å². The Morgan fingerprint density at radius 3 is 2.45 bits per heavy atom. The number of hydrogen-bond acceptors (Lipinski definition) is 7. The van der Waals surface area contributed by atoms with Crippen LogP contribution in [0.5, 0.6) is 0 Å². The first kappa shape index (κ1) is 20.2. The minimum atomic E-state index is -3.75. The van der Waals surface area contributed by atoms with Gasteiger partial charge in [-0.1, -0.05) is 12.1 Å². The molecule has 3 heterocycles. The molecular weight excluding hydrogens is 406 g/mol. The highest BCUT2D eigenvalue weighted by atomic mass is 32.2. The summed E-state index contributed by atoms with van der Waals surface area (Å²) in [5.41, 5.74) is 2.07. The maximum Gasteiger partial charge on any atom is 0.213 e. The molecule has 0 amide bonds. The van der Waals surface area contributed by atoms with Crippen LogP contribution in [0.15, 0.2) is 45.1 Å². The number of nitrogens with zero attached hydrogens (tertiary/aromatic N) is 5. The Balaban J connectivity index is 1.94. The van der Waals surface area contributed by atoms with Crippen LogP contribution in [0, 0.1) is 13.8 Å². The SMILES string of the molecule is CSc1nn2c(N3CCN(C)CC3)cc(C)nc2c1S(=O)(=O)c1cccc(C)c1. The van der Waals surface area contributed by atoms with Gasteiger partial charge in [-0.25, -0.2) is 13.4 Å². The zero-order chi connectivity index (χ0) is 20.8. The number of likely N-dealkylation sites (N-methyl/N-ethyl adjacent to an activating group) is 1. The van der Waals surface area contributed by atoms with E-state index < -0.39 is 9.84 Å². The summed E-state index contributed by atoms with van der Waals surface area (Å²) in [5.74, 6) is 0.890. The summed E-state index contributed by atoms with van der Waals surface area (Å²) in [7, 11) is -1.65. The van der Waals surface area contributed by atoms with Gasteiger partial charge in [0.15, 0.2) is 10.5 Å². The van der Waals surface area contributed by atoms with E-state index in [0.717, 1.165) is 43.3 Å². The number of anilines is 1. The Hall–Kier alpha value is -2.10. The monoisotopic (exact) mass is 431 g/mol. The van der Waals surface area contributed by atoms with Crippen LogP contribution in [-0.4, -0.2) is 67.4 Å². The predicted octanol–water partition coefficient (Wildman–Crippen LogP) is 2.65. The standard InChI is InChI=1S/C20H25N5O2S2/c1-14-6-5-7-16(12-14)29(26,27)18-19-21-15(2)13-17(25(19)22-20(18)28-4)24-10-8-23(3)9-11-24/h5-7,12-13H,8-11H2,1-4H3. The van der Waals surface area contributed by atoms with E-state index in [2.05, 4.69) is 26.9 Å². The van der Waals surface area contributed by atoms with Crippen LogP contribution in [0.1, 0.15) is 11.3 Å². The molecule has 7 nitrogen and oxygen atoms in total. The lowest BCUT2D eigenvalue weighted by Gasteiger charge is -2.34. The Morgan fingerprint density at radius 2 is 1.79 bits per heavy atom. The molecule has 0 unspecified atom stereocenters. The first-order valence-corrected chi connectivity index (χ1v) is 12.2. The van der Waals surface area contributed by atoms with Crippen LogP contribution >= 0.6 is 11.8 Å². The van der Waals surface area contributed by atoms with Crippen molar-refractivity contribution in [2.24, 2.45) is 0 Å². The van der Waals surface area contributed by atoms with Crippen molar-refractivity contribution >= 4 is 33.1 Å². The number of thioether (sulfide) groups is 1. The fourth-order valence-electron chi connectivity index (χ4n) is 3.61. The number of aryl methyl sites for hydroxylation is 2. The van der Waals surface area contributed by atoms with Gasteiger partial charge in [0.05, 0.1) is 4.90 Å². The zero-order valence-corrected chi connectivity index (χ0v) is 18.7. The maximum absolute atomic E-state index is 13.6. The van der Waals surface area contributed by atoms with Gasteiger partial charge >= 0.3 is 0 Å². The summed E-state index contributed by atoms with van der Waals surface area (Å²) >= 11 is 1.33. The van der Waals surface area contributed by atoms with Crippen LogP contribution < -0.4 is 4.90 Å². The summed E-state index contributed by atoms with van der Waals surface area (Å²) in [6, 6.07) is 8.96. The van der Waals surface area contributed by atoms with Crippen molar-refractivity contribution in [3.05, 3.63) is 41.6 Å². The average molecular weight is 432 g/mol. The Morgan fingerprint density at radius 1 is 1.07 bits per heavy atom. The molecule has 1 fully saturated rings. The molecule has 1 saturated heterocycles. The molecule has 2 aromatic heterocycles. The van der Waals surface area contributed by atoms with Gasteiger partial charge in [0.2, 0.25) is 9.84 Å². The quantitative estimate of drug-likeness (QED) is 0.588. The molecule has 1 aliphatic heterocycles. The molecule has 0 bridgehead atoms. The van der Waals surface area contributed by atoms with Crippen molar-refractivity contribution < 1.29 is 8.42 Å². The number of hydrogen-bond donors (Lipinski definition) is 0. The summed E-state index contributed by atoms with van der Waals surface area (Å²) < 4.78 is 28.8. The largest absolute Gasteiger partial charge is 0.354 e. The van der Waals surface area contributed by atoms with Gasteiger partial charge < -0.3 is 9.80 Å². The van der Waals surface area contributed by atoms with Gasteiger partial charge in [0.1, 0.15) is 10.8 Å². The normalized spacial score (nSPS) is 15.9. The van der Waals surface area contributed by atoms with Crippen LogP contribution in [-0.2, 0) is 9.84 Å². The van der Waals surface area contributed by atoms with Crippen LogP contribution in [0.2, 0.25) is 0 Å². The summed E-state index contributed by atoms with van der Waals surface area (Å²) in [4.78, 5) is 9.60. The Labute approximate surface area is 175 Å². The number of piperazine rings is 1. The number of fused-ring (bicyclic) bond motifs is 1. The summed E-state index contributed by atoms with van der Waals surface area (Å²) in [5, 5.41) is 5.14. The van der Waals surface area contributed by atoms with Crippen molar-refractivity contribution in [3.63, 3.8) is 0 Å². The van der Waals surface area contributed by atoms with Crippen molar-refractivity contribution in [3.8, 4) is 0 Å². The lowest BCUT2D eigenvalue weighted by atomic mass is 10.2. The highest BCUT2D eigenvalue weighted by Crippen LogP contribution is 2.34. The molecule has 0 saturated carbocycles. The molecule has 4 rings (SSSR count). The molecule has 0 radical (unpaired) electrons. The van der Waals surface area contributed by atoms with E-state index in [1.165, 1.54) is 11.8 Å². The van der Waals surface area contributed by atoms with Crippen molar-refractivity contribution in [2.75, 3.05) is 44.4 Å². The molecule has 0 N–H and O–H groups in total. The number of aromatic nitrogens is 3. The Bertz CT molecular complexity index is 1170. The highest BCUT2D eigenvalue weighted by molar-refractivity contribution is 7.99. The number of sulfone groups is 1. The van der Waals surface area contributed by atoms with Gasteiger partial charge in [-0.05, 0) is 44.8 Å². The van der Waals surface area contributed by atoms with E-state index in [4.69, 9.17) is 0 Å². The summed E-state index contributed by atoms with van der Waals surface area (Å²) in [6.45, 7) is 7.42. The van der Waals surface area contributed by atoms with Gasteiger partial charge in [-0.2, -0.15) is 9.61 Å². The van der Waals surface area contributed by atoms with Crippen molar-refractivity contribution in [2.45, 2.75) is 28.7 Å². The number of benzene rings is 1. The highest BCUT2D eigenvalue weighted by Gasteiger charge is 2.30. The van der Waals surface area contributed by atoms with Crippen LogP contribution in [0.25, 0.3) is 5.65 Å². The fraction of sp³-hybridized carbons (Fsp3) is 0.400. The maximum atomic E-state index is 13.6. The molecule has 1 aromatic carbocycles. The van der Waals surface area contributed by atoms with Gasteiger partial charge in [0.25, 0.3) is 0 Å². The van der Waals surface area contributed by atoms with E-state index in [-0.39, 0.29) is 9.79 Å². The second-order valence-corrected chi connectivity index (χ2v) is 10.1. The molecule has 1 aliphatic rings. The lowest BCUT2D eigenvalue weighted by molar-refractivity contribution is 0.311. The minimum absolute atomic E-state index is 0.190. The van der Waals surface area contributed by atoms with Crippen molar-refractivity contribution in [1.82, 2.24) is 19.5 Å². The Kier molecular flexibility index (Phi) is 5.30. The van der Waals surface area contributed by atoms with Gasteiger partial charge in [-0.3, -0.25) is 0 Å². The average Bonchev–Trinajstić information content (AvgIpc) is 3.07. The molecular formula is C20H25N5O2S2. The van der Waals surface area contributed by atoms with E-state index in [1.54, 1.807) is 22.7 Å². The first-order chi connectivity index (χ1) is 13.8. The second-order valence-electron chi connectivity index (χ2n) is 7.44. The van der Waals surface area contributed by atoms with E-state index >= 15 is 0 Å². The second kappa shape index (κ2) is 7.62. The molecule has 154 valence electrons. The molecule has 0 atom stereocenters. The topological polar surface area (TPSA) is 70.8 Å². The molecule has 0 spiro atoms. The van der Waals surface area contributed by atoms with Crippen LogP contribution in [0.4, 0.5) is 5.82 Å². The smallest absolute Gasteiger partial charge is 0.213 e. The summed E-state index contributed by atoms with van der Waals surface area (Å²) in [6.07, 6.45) is 1.85. The fourth-order valence-corrected chi connectivity index (χ4v) is 6.11. The first-order valence-electron chi connectivity index (χ1n) is 9.51. The van der Waals surface area contributed by atoms with Crippen molar-refractivity contribution in [1.29, 1.82) is 0 Å². The molecule has 9 heteroatoms. The third-order valence-corrected chi connectivity index (χ3v) is 7.80. The molecule has 29 heavy (non-hydrogen) atoms. The number of rotatable bonds is 4. The minimum Gasteiger partial charge on any atom is -0.354 e. The third kappa shape index (κ3) is 3.62. The van der Waals surface area contributed by atoms with E-state index in [1.807, 2.05) is 32.2 Å². The van der Waals surface area contributed by atoms with Gasteiger partial charge in [0, 0.05) is 37.9 Å². The predicted molar refractivity (Wildman–Crippen MR) is 116 cm³/mol. The van der Waals surface area contributed by atoms with E-state index in [9.17, 15) is 8.42 Å². The van der Waals surface area contributed by atoms with E-state index in [0.29, 0.717) is 10.7 Å². The zero-order valence-electron chi connectivity index (χ0n) is 17.1.